The summed E-state index contributed by atoms with van der Waals surface area (Å²) in [6.45, 7) is 3.98. The third-order valence-electron chi connectivity index (χ3n) is 3.75. The standard InChI is InChI=1S/C17H15N5OS2/c1-11-6-3-4-7-14(11)22-17(19-20-21-22)25-10-13-12(2)23-16(18-13)15-8-5-9-24-15/h3-9H,10H2,1-2H3. The summed E-state index contributed by atoms with van der Waals surface area (Å²) in [6, 6.07) is 12.0. The van der Waals surface area contributed by atoms with E-state index >= 15 is 0 Å². The SMILES string of the molecule is Cc1ccccc1-n1nnnc1SCc1nc(-c2cccs2)oc1C. The van der Waals surface area contributed by atoms with Gasteiger partial charge in [0.2, 0.25) is 11.0 Å². The van der Waals surface area contributed by atoms with Crippen LogP contribution in [0.15, 0.2) is 51.4 Å². The molecule has 0 aliphatic rings. The number of hydrogen-bond acceptors (Lipinski definition) is 7. The number of thiophene rings is 1. The Morgan fingerprint density at radius 3 is 2.84 bits per heavy atom. The van der Waals surface area contributed by atoms with Gasteiger partial charge in [0.15, 0.2) is 0 Å². The Bertz CT molecular complexity index is 990. The van der Waals surface area contributed by atoms with Crippen LogP contribution in [0, 0.1) is 13.8 Å². The van der Waals surface area contributed by atoms with Gasteiger partial charge in [0.05, 0.1) is 16.3 Å². The maximum absolute atomic E-state index is 5.79. The molecule has 0 bridgehead atoms. The molecule has 25 heavy (non-hydrogen) atoms. The van der Waals surface area contributed by atoms with Crippen LogP contribution in [0.1, 0.15) is 17.0 Å². The number of rotatable bonds is 5. The highest BCUT2D eigenvalue weighted by atomic mass is 32.2. The highest BCUT2D eigenvalue weighted by molar-refractivity contribution is 7.98. The van der Waals surface area contributed by atoms with E-state index < -0.39 is 0 Å². The van der Waals surface area contributed by atoms with E-state index in [0.717, 1.165) is 32.7 Å². The molecule has 126 valence electrons. The van der Waals surface area contributed by atoms with E-state index in [0.29, 0.717) is 11.6 Å². The third-order valence-corrected chi connectivity index (χ3v) is 5.54. The van der Waals surface area contributed by atoms with Crippen LogP contribution < -0.4 is 0 Å². The molecule has 0 saturated heterocycles. The minimum atomic E-state index is 0.646. The highest BCUT2D eigenvalue weighted by Gasteiger charge is 2.15. The number of hydrogen-bond donors (Lipinski definition) is 0. The number of tetrazole rings is 1. The molecule has 0 N–H and O–H groups in total. The van der Waals surface area contributed by atoms with Gasteiger partial charge < -0.3 is 4.42 Å². The van der Waals surface area contributed by atoms with Crippen molar-refractivity contribution in [3.05, 3.63) is 58.8 Å². The van der Waals surface area contributed by atoms with Crippen molar-refractivity contribution in [3.63, 3.8) is 0 Å². The molecule has 0 fully saturated rings. The maximum atomic E-state index is 5.79. The molecule has 6 nitrogen and oxygen atoms in total. The summed E-state index contributed by atoms with van der Waals surface area (Å²) < 4.78 is 7.55. The number of nitrogens with zero attached hydrogens (tertiary/aromatic N) is 5. The van der Waals surface area contributed by atoms with Gasteiger partial charge in [-0.25, -0.2) is 4.98 Å². The van der Waals surface area contributed by atoms with Crippen LogP contribution in [0.4, 0.5) is 0 Å². The van der Waals surface area contributed by atoms with Crippen molar-refractivity contribution in [2.24, 2.45) is 0 Å². The normalized spacial score (nSPS) is 11.1. The van der Waals surface area contributed by atoms with Crippen molar-refractivity contribution in [1.29, 1.82) is 0 Å². The summed E-state index contributed by atoms with van der Waals surface area (Å²) in [5.74, 6) is 2.14. The monoisotopic (exact) mass is 369 g/mol. The lowest BCUT2D eigenvalue weighted by Crippen LogP contribution is -2.01. The summed E-state index contributed by atoms with van der Waals surface area (Å²) in [7, 11) is 0. The van der Waals surface area contributed by atoms with Gasteiger partial charge >= 0.3 is 0 Å². The predicted molar refractivity (Wildman–Crippen MR) is 98.0 cm³/mol. The molecule has 0 aliphatic carbocycles. The molecule has 3 aromatic heterocycles. The van der Waals surface area contributed by atoms with Crippen molar-refractivity contribution in [3.8, 4) is 16.5 Å². The fourth-order valence-electron chi connectivity index (χ4n) is 2.42. The Balaban J connectivity index is 1.55. The first kappa shape index (κ1) is 16.0. The van der Waals surface area contributed by atoms with Gasteiger partial charge in [-0.05, 0) is 47.4 Å². The van der Waals surface area contributed by atoms with E-state index in [2.05, 4.69) is 20.5 Å². The van der Waals surface area contributed by atoms with E-state index in [9.17, 15) is 0 Å². The van der Waals surface area contributed by atoms with Crippen LogP contribution >= 0.6 is 23.1 Å². The van der Waals surface area contributed by atoms with E-state index in [-0.39, 0.29) is 0 Å². The topological polar surface area (TPSA) is 69.6 Å². The molecule has 4 aromatic rings. The molecular weight excluding hydrogens is 354 g/mol. The zero-order chi connectivity index (χ0) is 17.2. The Morgan fingerprint density at radius 1 is 1.16 bits per heavy atom. The molecule has 0 unspecified atom stereocenters. The van der Waals surface area contributed by atoms with Crippen LogP contribution in [-0.2, 0) is 5.75 Å². The maximum Gasteiger partial charge on any atom is 0.236 e. The molecule has 3 heterocycles. The largest absolute Gasteiger partial charge is 0.440 e. The Kier molecular flexibility index (Phi) is 4.37. The van der Waals surface area contributed by atoms with Crippen LogP contribution in [-0.4, -0.2) is 25.2 Å². The van der Waals surface area contributed by atoms with Gasteiger partial charge in [-0.3, -0.25) is 0 Å². The summed E-state index contributed by atoms with van der Waals surface area (Å²) >= 11 is 3.16. The minimum Gasteiger partial charge on any atom is -0.440 e. The Hall–Kier alpha value is -2.45. The Morgan fingerprint density at radius 2 is 2.04 bits per heavy atom. The van der Waals surface area contributed by atoms with E-state index in [4.69, 9.17) is 4.42 Å². The first-order valence-electron chi connectivity index (χ1n) is 7.70. The summed E-state index contributed by atoms with van der Waals surface area (Å²) in [6.07, 6.45) is 0. The molecular formula is C17H15N5OS2. The second kappa shape index (κ2) is 6.81. The van der Waals surface area contributed by atoms with E-state index in [1.807, 2.05) is 55.6 Å². The molecule has 0 atom stereocenters. The molecule has 0 radical (unpaired) electrons. The second-order valence-corrected chi connectivity index (χ2v) is 7.34. The predicted octanol–water partition coefficient (Wildman–Crippen LogP) is 4.29. The van der Waals surface area contributed by atoms with Gasteiger partial charge in [0.1, 0.15) is 5.76 Å². The fourth-order valence-corrected chi connectivity index (χ4v) is 3.96. The van der Waals surface area contributed by atoms with Crippen molar-refractivity contribution < 1.29 is 4.42 Å². The molecule has 8 heteroatoms. The van der Waals surface area contributed by atoms with Crippen LogP contribution in [0.5, 0.6) is 0 Å². The average Bonchev–Trinajstić information content (AvgIpc) is 3.34. The van der Waals surface area contributed by atoms with Gasteiger partial charge in [0, 0.05) is 5.75 Å². The fraction of sp³-hybridized carbons (Fsp3) is 0.176. The van der Waals surface area contributed by atoms with Gasteiger partial charge in [0.25, 0.3) is 0 Å². The van der Waals surface area contributed by atoms with Gasteiger partial charge in [-0.15, -0.1) is 16.4 Å². The lowest BCUT2D eigenvalue weighted by Gasteiger charge is -2.06. The van der Waals surface area contributed by atoms with Crippen LogP contribution in [0.3, 0.4) is 0 Å². The Labute approximate surface area is 152 Å². The summed E-state index contributed by atoms with van der Waals surface area (Å²) in [4.78, 5) is 5.65. The lowest BCUT2D eigenvalue weighted by molar-refractivity contribution is 0.542. The summed E-state index contributed by atoms with van der Waals surface area (Å²) in [5.41, 5.74) is 3.01. The van der Waals surface area contributed by atoms with Crippen molar-refractivity contribution >= 4 is 23.1 Å². The number of thioether (sulfide) groups is 1. The molecule has 4 rings (SSSR count). The molecule has 0 amide bonds. The number of aryl methyl sites for hydroxylation is 2. The van der Waals surface area contributed by atoms with Crippen molar-refractivity contribution in [2.45, 2.75) is 24.8 Å². The van der Waals surface area contributed by atoms with Crippen LogP contribution in [0.25, 0.3) is 16.5 Å². The van der Waals surface area contributed by atoms with Crippen LogP contribution in [0.2, 0.25) is 0 Å². The van der Waals surface area contributed by atoms with Gasteiger partial charge in [-0.2, -0.15) is 4.68 Å². The molecule has 0 saturated carbocycles. The second-order valence-electron chi connectivity index (χ2n) is 5.45. The number of oxazole rings is 1. The summed E-state index contributed by atoms with van der Waals surface area (Å²) in [5, 5.41) is 14.8. The smallest absolute Gasteiger partial charge is 0.236 e. The zero-order valence-corrected chi connectivity index (χ0v) is 15.3. The minimum absolute atomic E-state index is 0.646. The number of benzene rings is 1. The zero-order valence-electron chi connectivity index (χ0n) is 13.7. The lowest BCUT2D eigenvalue weighted by atomic mass is 10.2. The highest BCUT2D eigenvalue weighted by Crippen LogP contribution is 2.29. The van der Waals surface area contributed by atoms with Crippen molar-refractivity contribution in [1.82, 2.24) is 25.2 Å². The van der Waals surface area contributed by atoms with E-state index in [1.165, 1.54) is 0 Å². The molecule has 1 aromatic carbocycles. The van der Waals surface area contributed by atoms with E-state index in [1.54, 1.807) is 27.8 Å². The molecule has 0 aliphatic heterocycles. The number of para-hydroxylation sites is 1. The first-order chi connectivity index (χ1) is 12.2. The quantitative estimate of drug-likeness (QED) is 0.489. The van der Waals surface area contributed by atoms with Gasteiger partial charge in [-0.1, -0.05) is 36.0 Å². The first-order valence-corrected chi connectivity index (χ1v) is 9.56. The molecule has 0 spiro atoms. The van der Waals surface area contributed by atoms with Crippen molar-refractivity contribution in [2.75, 3.05) is 0 Å². The average molecular weight is 369 g/mol. The third kappa shape index (κ3) is 3.22. The number of aromatic nitrogens is 5.